The Kier molecular flexibility index (Phi) is 7.61. The van der Waals surface area contributed by atoms with Gasteiger partial charge in [0.1, 0.15) is 0 Å². The third kappa shape index (κ3) is 5.00. The van der Waals surface area contributed by atoms with Crippen molar-refractivity contribution in [2.45, 2.75) is 45.6 Å². The minimum Gasteiger partial charge on any atom is -0.466 e. The van der Waals surface area contributed by atoms with E-state index in [0.717, 1.165) is 65.0 Å². The van der Waals surface area contributed by atoms with Gasteiger partial charge in [-0.15, -0.1) is 0 Å². The van der Waals surface area contributed by atoms with Gasteiger partial charge in [0.2, 0.25) is 0 Å². The highest BCUT2D eigenvalue weighted by atomic mass is 35.5. The van der Waals surface area contributed by atoms with Crippen LogP contribution in [0.15, 0.2) is 60.2 Å². The van der Waals surface area contributed by atoms with E-state index in [0.29, 0.717) is 24.2 Å². The van der Waals surface area contributed by atoms with Crippen LogP contribution in [0.1, 0.15) is 44.2 Å². The molecule has 5 heteroatoms. The molecule has 4 nitrogen and oxygen atoms in total. The molecule has 2 aliphatic rings. The average Bonchev–Trinajstić information content (AvgIpc) is 2.84. The van der Waals surface area contributed by atoms with E-state index in [1.807, 2.05) is 31.2 Å². The highest BCUT2D eigenvalue weighted by Gasteiger charge is 2.44. The summed E-state index contributed by atoms with van der Waals surface area (Å²) in [7, 11) is 0. The van der Waals surface area contributed by atoms with Gasteiger partial charge in [0.25, 0.3) is 0 Å². The lowest BCUT2D eigenvalue weighted by Gasteiger charge is -2.45. The second kappa shape index (κ2) is 10.5. The Morgan fingerprint density at radius 3 is 2.50 bits per heavy atom. The normalized spacial score (nSPS) is 21.6. The van der Waals surface area contributed by atoms with E-state index in [1.165, 1.54) is 0 Å². The van der Waals surface area contributed by atoms with Gasteiger partial charge >= 0.3 is 5.97 Å². The lowest BCUT2D eigenvalue weighted by molar-refractivity contribution is -0.142. The highest BCUT2D eigenvalue weighted by molar-refractivity contribution is 6.30. The second-order valence-electron chi connectivity index (χ2n) is 9.26. The first-order chi connectivity index (χ1) is 16.3. The SMILES string of the molecule is C=C1C(c2cc(-c3ccc(Cl)cc3)ccc2C)=C(CC(=O)OCC)COC1(C)C1CCOCC1. The fourth-order valence-corrected chi connectivity index (χ4v) is 5.19. The summed E-state index contributed by atoms with van der Waals surface area (Å²) < 4.78 is 17.4. The largest absolute Gasteiger partial charge is 0.466 e. The number of hydrogen-bond acceptors (Lipinski definition) is 4. The standard InChI is InChI=1S/C29H33ClO4/c1-5-33-27(31)17-23-18-34-29(4,24-12-14-32-15-13-24)20(3)28(23)26-16-22(7-6-19(26)2)21-8-10-25(30)11-9-21/h6-11,16,24H,3,5,12-15,17-18H2,1-2,4H3. The topological polar surface area (TPSA) is 44.8 Å². The summed E-state index contributed by atoms with van der Waals surface area (Å²) in [6.45, 7) is 12.8. The minimum absolute atomic E-state index is 0.191. The molecule has 1 saturated heterocycles. The molecule has 0 radical (unpaired) electrons. The molecular weight excluding hydrogens is 448 g/mol. The fourth-order valence-electron chi connectivity index (χ4n) is 5.06. The summed E-state index contributed by atoms with van der Waals surface area (Å²) in [4.78, 5) is 12.5. The lowest BCUT2D eigenvalue weighted by atomic mass is 9.71. The molecule has 2 aromatic rings. The molecule has 0 N–H and O–H groups in total. The molecule has 34 heavy (non-hydrogen) atoms. The maximum atomic E-state index is 12.5. The van der Waals surface area contributed by atoms with Crippen LogP contribution in [0.4, 0.5) is 0 Å². The number of aryl methyl sites for hydroxylation is 1. The van der Waals surface area contributed by atoms with Crippen LogP contribution < -0.4 is 0 Å². The number of benzene rings is 2. The first-order valence-electron chi connectivity index (χ1n) is 12.0. The van der Waals surface area contributed by atoms with Crippen LogP contribution in [-0.4, -0.2) is 38.0 Å². The zero-order chi connectivity index (χ0) is 24.3. The van der Waals surface area contributed by atoms with Gasteiger partial charge in [-0.05, 0) is 96.7 Å². The van der Waals surface area contributed by atoms with Crippen LogP contribution >= 0.6 is 11.6 Å². The van der Waals surface area contributed by atoms with E-state index in [-0.39, 0.29) is 12.4 Å². The van der Waals surface area contributed by atoms with Crippen molar-refractivity contribution in [2.75, 3.05) is 26.4 Å². The van der Waals surface area contributed by atoms with Gasteiger partial charge in [0, 0.05) is 18.2 Å². The molecular formula is C29H33ClO4. The number of carbonyl (C=O) groups excluding carboxylic acids is 1. The van der Waals surface area contributed by atoms with Gasteiger partial charge in [-0.2, -0.15) is 0 Å². The van der Waals surface area contributed by atoms with Crippen molar-refractivity contribution in [3.05, 3.63) is 76.3 Å². The molecule has 2 aliphatic heterocycles. The third-order valence-corrected chi connectivity index (χ3v) is 7.40. The maximum absolute atomic E-state index is 12.5. The highest BCUT2D eigenvalue weighted by Crippen LogP contribution is 2.47. The Morgan fingerprint density at radius 1 is 1.15 bits per heavy atom. The van der Waals surface area contributed by atoms with E-state index >= 15 is 0 Å². The zero-order valence-corrected chi connectivity index (χ0v) is 21.0. The Morgan fingerprint density at radius 2 is 1.82 bits per heavy atom. The molecule has 0 amide bonds. The van der Waals surface area contributed by atoms with Crippen LogP contribution in [0.2, 0.25) is 5.02 Å². The van der Waals surface area contributed by atoms with E-state index in [9.17, 15) is 4.79 Å². The number of carbonyl (C=O) groups is 1. The van der Waals surface area contributed by atoms with Gasteiger partial charge in [0.15, 0.2) is 0 Å². The predicted molar refractivity (Wildman–Crippen MR) is 137 cm³/mol. The molecule has 1 fully saturated rings. The number of ether oxygens (including phenoxy) is 3. The number of halogens is 1. The zero-order valence-electron chi connectivity index (χ0n) is 20.3. The lowest BCUT2D eigenvalue weighted by Crippen LogP contribution is -2.45. The molecule has 4 rings (SSSR count). The quantitative estimate of drug-likeness (QED) is 0.427. The summed E-state index contributed by atoms with van der Waals surface area (Å²) >= 11 is 6.11. The molecule has 2 aromatic carbocycles. The van der Waals surface area contributed by atoms with E-state index < -0.39 is 5.60 Å². The predicted octanol–water partition coefficient (Wildman–Crippen LogP) is 6.79. The van der Waals surface area contributed by atoms with Crippen LogP contribution in [0.3, 0.4) is 0 Å². The summed E-state index contributed by atoms with van der Waals surface area (Å²) in [5.74, 6) is 0.0697. The van der Waals surface area contributed by atoms with Crippen molar-refractivity contribution in [1.82, 2.24) is 0 Å². The van der Waals surface area contributed by atoms with Gasteiger partial charge in [-0.1, -0.05) is 42.4 Å². The molecule has 0 saturated carbocycles. The van der Waals surface area contributed by atoms with Crippen molar-refractivity contribution in [1.29, 1.82) is 0 Å². The van der Waals surface area contributed by atoms with Crippen molar-refractivity contribution >= 4 is 23.1 Å². The summed E-state index contributed by atoms with van der Waals surface area (Å²) in [6.07, 6.45) is 2.05. The van der Waals surface area contributed by atoms with Crippen LogP contribution in [0.25, 0.3) is 16.7 Å². The van der Waals surface area contributed by atoms with Crippen LogP contribution in [0.5, 0.6) is 0 Å². The molecule has 0 aliphatic carbocycles. The van der Waals surface area contributed by atoms with Crippen LogP contribution in [0, 0.1) is 12.8 Å². The smallest absolute Gasteiger partial charge is 0.310 e. The average molecular weight is 481 g/mol. The molecule has 180 valence electrons. The number of esters is 1. The monoisotopic (exact) mass is 480 g/mol. The second-order valence-corrected chi connectivity index (χ2v) is 9.69. The molecule has 0 bridgehead atoms. The Hall–Kier alpha value is -2.40. The van der Waals surface area contributed by atoms with Gasteiger partial charge in [0.05, 0.1) is 25.2 Å². The maximum Gasteiger partial charge on any atom is 0.310 e. The van der Waals surface area contributed by atoms with Crippen molar-refractivity contribution in [3.63, 3.8) is 0 Å². The summed E-state index contributed by atoms with van der Waals surface area (Å²) in [5, 5.41) is 0.709. The van der Waals surface area contributed by atoms with Crippen LogP contribution in [-0.2, 0) is 19.0 Å². The van der Waals surface area contributed by atoms with Gasteiger partial charge < -0.3 is 14.2 Å². The Balaban J connectivity index is 1.81. The third-order valence-electron chi connectivity index (χ3n) is 7.15. The van der Waals surface area contributed by atoms with Crippen molar-refractivity contribution in [3.8, 4) is 11.1 Å². The molecule has 1 atom stereocenters. The summed E-state index contributed by atoms with van der Waals surface area (Å²) in [6, 6.07) is 14.3. The minimum atomic E-state index is -0.514. The Labute approximate surface area is 207 Å². The molecule has 2 heterocycles. The van der Waals surface area contributed by atoms with E-state index in [2.05, 4.69) is 38.6 Å². The first-order valence-corrected chi connectivity index (χ1v) is 12.4. The number of hydrogen-bond donors (Lipinski definition) is 0. The molecule has 0 spiro atoms. The Bertz CT molecular complexity index is 1100. The first kappa shape index (κ1) is 24.7. The van der Waals surface area contributed by atoms with Gasteiger partial charge in [-0.3, -0.25) is 4.79 Å². The summed E-state index contributed by atoms with van der Waals surface area (Å²) in [5.41, 5.74) is 6.76. The molecule has 0 aromatic heterocycles. The van der Waals surface area contributed by atoms with E-state index in [1.54, 1.807) is 0 Å². The number of rotatable bonds is 6. The van der Waals surface area contributed by atoms with Crippen molar-refractivity contribution in [2.24, 2.45) is 5.92 Å². The van der Waals surface area contributed by atoms with Gasteiger partial charge in [-0.25, -0.2) is 0 Å². The van der Waals surface area contributed by atoms with Crippen molar-refractivity contribution < 1.29 is 19.0 Å². The van der Waals surface area contributed by atoms with E-state index in [4.69, 9.17) is 25.8 Å². The fraction of sp³-hybridized carbons (Fsp3) is 0.414. The molecule has 1 unspecified atom stereocenters.